The van der Waals surface area contributed by atoms with Gasteiger partial charge >= 0.3 is 17.9 Å². The number of carbonyl (C=O) groups excluding carboxylic acids is 2. The van der Waals surface area contributed by atoms with Gasteiger partial charge in [-0.1, -0.05) is 152 Å². The molecule has 6 atom stereocenters. The molecule has 1 rings (SSSR count). The van der Waals surface area contributed by atoms with Gasteiger partial charge in [-0.25, -0.2) is 4.79 Å². The zero-order chi connectivity index (χ0) is 43.9. The predicted octanol–water partition coefficient (Wildman–Crippen LogP) is 10.3. The van der Waals surface area contributed by atoms with Crippen LogP contribution in [0.4, 0.5) is 0 Å². The quantitative estimate of drug-likeness (QED) is 0.0265. The van der Waals surface area contributed by atoms with E-state index in [0.717, 1.165) is 103 Å². The first-order chi connectivity index (χ1) is 29.2. The van der Waals surface area contributed by atoms with E-state index in [9.17, 15) is 34.8 Å². The summed E-state index contributed by atoms with van der Waals surface area (Å²) in [4.78, 5) is 36.9. The molecule has 6 unspecified atom stereocenters. The highest BCUT2D eigenvalue weighted by Gasteiger charge is 2.47. The van der Waals surface area contributed by atoms with E-state index in [-0.39, 0.29) is 19.4 Å². The minimum atomic E-state index is -1.87. The lowest BCUT2D eigenvalue weighted by Crippen LogP contribution is -2.60. The number of aliphatic hydroxyl groups is 3. The van der Waals surface area contributed by atoms with Crippen LogP contribution in [0, 0.1) is 0 Å². The van der Waals surface area contributed by atoms with Gasteiger partial charge in [-0.3, -0.25) is 9.59 Å². The molecule has 0 bridgehead atoms. The zero-order valence-corrected chi connectivity index (χ0v) is 37.2. The normalized spacial score (nSPS) is 20.3. The maximum atomic E-state index is 12.8. The standard InChI is InChI=1S/C49H82O11/c1-3-5-7-9-11-13-15-17-19-20-21-22-24-25-27-29-31-33-35-37-42(50)57-39-41(40-58-49-46(54)44(52)45(53)47(60-49)48(55)56)59-43(51)38-36-34-32-30-28-26-23-18-16-14-12-10-8-6-4-2/h5,7,11,13,17-19,21-23,41,44-47,49,52-54H,3-4,6,8-10,12,14-16,20,24-40H2,1-2H3,(H,55,56)/b7-5-,13-11-,19-17-,22-21-,23-18-. The number of esters is 2. The number of unbranched alkanes of at least 4 members (excludes halogenated alkanes) is 17. The molecule has 1 saturated heterocycles. The van der Waals surface area contributed by atoms with Crippen molar-refractivity contribution in [1.29, 1.82) is 0 Å². The summed E-state index contributed by atoms with van der Waals surface area (Å²) in [5.74, 6) is -2.48. The van der Waals surface area contributed by atoms with Crippen molar-refractivity contribution in [2.24, 2.45) is 0 Å². The molecule has 0 saturated carbocycles. The van der Waals surface area contributed by atoms with Crippen molar-refractivity contribution >= 4 is 17.9 Å². The molecule has 1 fully saturated rings. The lowest BCUT2D eigenvalue weighted by Gasteiger charge is -2.38. The molecule has 0 aromatic heterocycles. The van der Waals surface area contributed by atoms with Crippen molar-refractivity contribution < 1.29 is 53.8 Å². The van der Waals surface area contributed by atoms with Crippen molar-refractivity contribution in [3.05, 3.63) is 60.8 Å². The summed E-state index contributed by atoms with van der Waals surface area (Å²) in [6.07, 6.45) is 38.4. The second-order valence-corrected chi connectivity index (χ2v) is 15.9. The molecule has 0 radical (unpaired) electrons. The molecule has 0 aromatic carbocycles. The highest BCUT2D eigenvalue weighted by Crippen LogP contribution is 2.23. The Morgan fingerprint density at radius 3 is 1.50 bits per heavy atom. The molecule has 1 aliphatic heterocycles. The molecule has 4 N–H and O–H groups in total. The van der Waals surface area contributed by atoms with E-state index < -0.39 is 61.3 Å². The minimum Gasteiger partial charge on any atom is -0.479 e. The van der Waals surface area contributed by atoms with E-state index in [0.29, 0.717) is 12.8 Å². The maximum Gasteiger partial charge on any atom is 0.335 e. The van der Waals surface area contributed by atoms with Crippen LogP contribution in [0.5, 0.6) is 0 Å². The van der Waals surface area contributed by atoms with Crippen molar-refractivity contribution in [1.82, 2.24) is 0 Å². The lowest BCUT2D eigenvalue weighted by molar-refractivity contribution is -0.298. The fraction of sp³-hybridized carbons (Fsp3) is 0.735. The van der Waals surface area contributed by atoms with Crippen LogP contribution in [0.1, 0.15) is 181 Å². The third-order valence-corrected chi connectivity index (χ3v) is 10.4. The Morgan fingerprint density at radius 1 is 0.533 bits per heavy atom. The van der Waals surface area contributed by atoms with E-state index in [1.807, 2.05) is 0 Å². The summed E-state index contributed by atoms with van der Waals surface area (Å²) in [6, 6.07) is 0. The van der Waals surface area contributed by atoms with Crippen LogP contribution in [0.25, 0.3) is 0 Å². The summed E-state index contributed by atoms with van der Waals surface area (Å²) < 4.78 is 21.7. The van der Waals surface area contributed by atoms with Gasteiger partial charge in [0.1, 0.15) is 24.9 Å². The van der Waals surface area contributed by atoms with Crippen LogP contribution in [-0.4, -0.2) is 88.4 Å². The van der Waals surface area contributed by atoms with Gasteiger partial charge in [-0.15, -0.1) is 0 Å². The average Bonchev–Trinajstić information content (AvgIpc) is 3.23. The Kier molecular flexibility index (Phi) is 35.5. The summed E-state index contributed by atoms with van der Waals surface area (Å²) in [7, 11) is 0. The first kappa shape index (κ1) is 54.9. The van der Waals surface area contributed by atoms with Crippen molar-refractivity contribution in [3.8, 4) is 0 Å². The molecule has 1 heterocycles. The maximum absolute atomic E-state index is 12.8. The molecule has 11 heteroatoms. The smallest absolute Gasteiger partial charge is 0.335 e. The van der Waals surface area contributed by atoms with E-state index >= 15 is 0 Å². The lowest BCUT2D eigenvalue weighted by atomic mass is 9.99. The highest BCUT2D eigenvalue weighted by atomic mass is 16.7. The predicted molar refractivity (Wildman–Crippen MR) is 238 cm³/mol. The monoisotopic (exact) mass is 847 g/mol. The van der Waals surface area contributed by atoms with Crippen molar-refractivity contribution in [2.45, 2.75) is 218 Å². The number of carboxylic acids is 1. The first-order valence-electron chi connectivity index (χ1n) is 23.3. The third kappa shape index (κ3) is 30.0. The Bertz CT molecular complexity index is 1230. The van der Waals surface area contributed by atoms with Gasteiger partial charge in [-0.05, 0) is 77.0 Å². The van der Waals surface area contributed by atoms with Crippen molar-refractivity contribution in [3.63, 3.8) is 0 Å². The number of ether oxygens (including phenoxy) is 4. The van der Waals surface area contributed by atoms with Crippen molar-refractivity contribution in [2.75, 3.05) is 13.2 Å². The van der Waals surface area contributed by atoms with Gasteiger partial charge in [0, 0.05) is 12.8 Å². The number of aliphatic hydroxyl groups excluding tert-OH is 3. The molecule has 0 spiro atoms. The number of hydrogen-bond donors (Lipinski definition) is 4. The van der Waals surface area contributed by atoms with Crippen LogP contribution < -0.4 is 0 Å². The summed E-state index contributed by atoms with van der Waals surface area (Å²) >= 11 is 0. The summed E-state index contributed by atoms with van der Waals surface area (Å²) in [5, 5.41) is 39.8. The molecule has 344 valence electrons. The number of rotatable bonds is 38. The van der Waals surface area contributed by atoms with Gasteiger partial charge in [0.05, 0.1) is 6.61 Å². The number of allylic oxidation sites excluding steroid dienone is 10. The molecule has 0 aromatic rings. The Morgan fingerprint density at radius 2 is 0.983 bits per heavy atom. The van der Waals surface area contributed by atoms with Gasteiger partial charge < -0.3 is 39.4 Å². The fourth-order valence-corrected chi connectivity index (χ4v) is 6.69. The topological polar surface area (TPSA) is 169 Å². The SMILES string of the molecule is CC/C=C\C/C=C\C/C=C\C/C=C\CCCCCCCCC(=O)OCC(COC1OC(C(=O)O)C(O)C(O)C1O)OC(=O)CCCCCCC/C=C\CCCCCCCC. The molecule has 0 amide bonds. The summed E-state index contributed by atoms with van der Waals surface area (Å²) in [5.41, 5.74) is 0. The Hall–Kier alpha value is -3.09. The highest BCUT2D eigenvalue weighted by molar-refractivity contribution is 5.73. The average molecular weight is 847 g/mol. The van der Waals surface area contributed by atoms with E-state index in [4.69, 9.17) is 18.9 Å². The number of carbonyl (C=O) groups is 3. The summed E-state index contributed by atoms with van der Waals surface area (Å²) in [6.45, 7) is 3.67. The Labute approximate surface area is 362 Å². The molecule has 60 heavy (non-hydrogen) atoms. The van der Waals surface area contributed by atoms with Crippen LogP contribution >= 0.6 is 0 Å². The number of hydrogen-bond acceptors (Lipinski definition) is 10. The largest absolute Gasteiger partial charge is 0.479 e. The van der Waals surface area contributed by atoms with Crippen LogP contribution in [0.3, 0.4) is 0 Å². The van der Waals surface area contributed by atoms with Crippen LogP contribution in [0.2, 0.25) is 0 Å². The molecule has 0 aliphatic carbocycles. The van der Waals surface area contributed by atoms with E-state index in [1.165, 1.54) is 38.5 Å². The molecular weight excluding hydrogens is 765 g/mol. The number of carboxylic acid groups (broad SMARTS) is 1. The second-order valence-electron chi connectivity index (χ2n) is 15.9. The van der Waals surface area contributed by atoms with Gasteiger partial charge in [0.25, 0.3) is 0 Å². The molecule has 11 nitrogen and oxygen atoms in total. The molecular formula is C49H82O11. The number of aliphatic carboxylic acids is 1. The van der Waals surface area contributed by atoms with Gasteiger partial charge in [-0.2, -0.15) is 0 Å². The first-order valence-corrected chi connectivity index (χ1v) is 23.3. The Balaban J connectivity index is 2.37. The van der Waals surface area contributed by atoms with Gasteiger partial charge in [0.15, 0.2) is 18.5 Å². The minimum absolute atomic E-state index is 0.167. The molecule has 1 aliphatic rings. The second kappa shape index (κ2) is 38.8. The third-order valence-electron chi connectivity index (χ3n) is 10.4. The van der Waals surface area contributed by atoms with Crippen LogP contribution in [-0.2, 0) is 33.3 Å². The fourth-order valence-electron chi connectivity index (χ4n) is 6.69. The zero-order valence-electron chi connectivity index (χ0n) is 37.2. The van der Waals surface area contributed by atoms with E-state index in [1.54, 1.807) is 0 Å². The van der Waals surface area contributed by atoms with Gasteiger partial charge in [0.2, 0.25) is 0 Å². The van der Waals surface area contributed by atoms with Crippen LogP contribution in [0.15, 0.2) is 60.8 Å². The van der Waals surface area contributed by atoms with E-state index in [2.05, 4.69) is 74.6 Å².